The summed E-state index contributed by atoms with van der Waals surface area (Å²) in [6.45, 7) is 0. The van der Waals surface area contributed by atoms with Gasteiger partial charge in [0.15, 0.2) is 5.76 Å². The largest absolute Gasteiger partial charge is 0.463 e. The van der Waals surface area contributed by atoms with Gasteiger partial charge in [0.25, 0.3) is 0 Å². The molecule has 0 atom stereocenters. The highest BCUT2D eigenvalue weighted by atomic mass is 16.3. The minimum Gasteiger partial charge on any atom is -0.463 e. The third kappa shape index (κ3) is 0.849. The molecular weight excluding hydrogens is 140 g/mol. The minimum absolute atomic E-state index is 0.398. The highest BCUT2D eigenvalue weighted by Crippen LogP contribution is 2.20. The number of hydrogen-bond donors (Lipinski definition) is 0. The van der Waals surface area contributed by atoms with Crippen molar-refractivity contribution < 1.29 is 4.42 Å². The van der Waals surface area contributed by atoms with Gasteiger partial charge in [-0.3, -0.25) is 0 Å². The maximum absolute atomic E-state index is 8.48. The summed E-state index contributed by atoms with van der Waals surface area (Å²) < 4.78 is 5.08. The van der Waals surface area contributed by atoms with Crippen molar-refractivity contribution in [2.45, 2.75) is 0 Å². The highest BCUT2D eigenvalue weighted by Gasteiger charge is 2.08. The summed E-state index contributed by atoms with van der Waals surface area (Å²) >= 11 is 0. The van der Waals surface area contributed by atoms with E-state index in [9.17, 15) is 0 Å². The number of nitrogens with zero attached hydrogens (tertiary/aromatic N) is 2. The lowest BCUT2D eigenvalue weighted by molar-refractivity contribution is 0.565. The second-order valence-electron chi connectivity index (χ2n) is 2.12. The Morgan fingerprint density at radius 3 is 3.18 bits per heavy atom. The first-order chi connectivity index (χ1) is 5.40. The van der Waals surface area contributed by atoms with E-state index in [1.807, 2.05) is 6.07 Å². The van der Waals surface area contributed by atoms with Crippen LogP contribution < -0.4 is 0 Å². The molecule has 0 aromatic rings. The van der Waals surface area contributed by atoms with Crippen LogP contribution in [-0.2, 0) is 0 Å². The van der Waals surface area contributed by atoms with E-state index < -0.39 is 0 Å². The van der Waals surface area contributed by atoms with Crippen LogP contribution in [0.25, 0.3) is 11.5 Å². The zero-order valence-corrected chi connectivity index (χ0v) is 5.61. The van der Waals surface area contributed by atoms with Gasteiger partial charge in [-0.15, -0.1) is 0 Å². The average molecular weight is 144 g/mol. The van der Waals surface area contributed by atoms with Crippen LogP contribution in [-0.4, -0.2) is 4.98 Å². The molecule has 0 saturated carbocycles. The first-order valence-electron chi connectivity index (χ1n) is 3.14. The summed E-state index contributed by atoms with van der Waals surface area (Å²) in [5.74, 6) is 0.657. The summed E-state index contributed by atoms with van der Waals surface area (Å²) in [5, 5.41) is 8.48. The molecule has 0 amide bonds. The maximum atomic E-state index is 8.48. The second kappa shape index (κ2) is 2.10. The molecule has 52 valence electrons. The summed E-state index contributed by atoms with van der Waals surface area (Å²) in [6, 6.07) is 7.12. The Bertz CT molecular complexity index is 356. The summed E-state index contributed by atoms with van der Waals surface area (Å²) in [5.41, 5.74) is 1.12. The molecule has 0 N–H and O–H groups in total. The van der Waals surface area contributed by atoms with Crippen LogP contribution in [0.2, 0.25) is 0 Å². The zero-order chi connectivity index (χ0) is 7.68. The van der Waals surface area contributed by atoms with Crippen molar-refractivity contribution in [2.75, 3.05) is 0 Å². The third-order valence-corrected chi connectivity index (χ3v) is 1.40. The van der Waals surface area contributed by atoms with Crippen molar-refractivity contribution in [2.24, 2.45) is 0 Å². The molecule has 0 saturated heterocycles. The van der Waals surface area contributed by atoms with Gasteiger partial charge in [-0.05, 0) is 12.1 Å². The lowest BCUT2D eigenvalue weighted by Crippen LogP contribution is -1.72. The van der Waals surface area contributed by atoms with Crippen LogP contribution in [0.15, 0.2) is 28.9 Å². The number of rotatable bonds is 0. The third-order valence-electron chi connectivity index (χ3n) is 1.40. The fourth-order valence-corrected chi connectivity index (χ4v) is 0.929. The first kappa shape index (κ1) is 5.93. The summed E-state index contributed by atoms with van der Waals surface area (Å²) in [7, 11) is 0. The van der Waals surface area contributed by atoms with Crippen LogP contribution in [0.1, 0.15) is 5.69 Å². The molecule has 0 spiro atoms. The Balaban J connectivity index is 2.72. The standard InChI is InChI=1S/C8H4N2O/c9-5-6-4-8-7(10-6)2-1-3-11-8/h1-4H. The van der Waals surface area contributed by atoms with E-state index in [0.717, 1.165) is 5.69 Å². The summed E-state index contributed by atoms with van der Waals surface area (Å²) in [4.78, 5) is 3.98. The fraction of sp³-hybridized carbons (Fsp3) is 0. The van der Waals surface area contributed by atoms with Crippen LogP contribution in [0.3, 0.4) is 0 Å². The quantitative estimate of drug-likeness (QED) is 0.564. The molecule has 3 nitrogen and oxygen atoms in total. The molecule has 2 heterocycles. The molecule has 2 aliphatic heterocycles. The van der Waals surface area contributed by atoms with Crippen LogP contribution in [0, 0.1) is 11.3 Å². The van der Waals surface area contributed by atoms with E-state index >= 15 is 0 Å². The Labute approximate surface area is 63.2 Å². The van der Waals surface area contributed by atoms with Gasteiger partial charge in [0.1, 0.15) is 17.5 Å². The average Bonchev–Trinajstić information content (AvgIpc) is 2.46. The SMILES string of the molecule is N#Cc1cc2occcc-2n1. The van der Waals surface area contributed by atoms with Crippen LogP contribution in [0.4, 0.5) is 0 Å². The number of nitriles is 1. The predicted octanol–water partition coefficient (Wildman–Crippen LogP) is 1.65. The molecule has 0 unspecified atom stereocenters. The topological polar surface area (TPSA) is 49.8 Å². The van der Waals surface area contributed by atoms with Gasteiger partial charge < -0.3 is 4.42 Å². The van der Waals surface area contributed by atoms with Crippen molar-refractivity contribution in [1.82, 2.24) is 4.98 Å². The Morgan fingerprint density at radius 1 is 1.55 bits per heavy atom. The molecule has 0 radical (unpaired) electrons. The lowest BCUT2D eigenvalue weighted by atomic mass is 10.3. The van der Waals surface area contributed by atoms with Crippen molar-refractivity contribution in [1.29, 1.82) is 5.26 Å². The normalized spacial score (nSPS) is 9.73. The molecule has 0 aromatic heterocycles. The van der Waals surface area contributed by atoms with Gasteiger partial charge in [-0.25, -0.2) is 4.98 Å². The van der Waals surface area contributed by atoms with Gasteiger partial charge in [-0.1, -0.05) is 0 Å². The molecule has 0 fully saturated rings. The van der Waals surface area contributed by atoms with Gasteiger partial charge in [0.05, 0.1) is 6.26 Å². The van der Waals surface area contributed by atoms with Gasteiger partial charge in [0, 0.05) is 6.07 Å². The highest BCUT2D eigenvalue weighted by molar-refractivity contribution is 5.57. The van der Waals surface area contributed by atoms with Crippen LogP contribution >= 0.6 is 0 Å². The Hall–Kier alpha value is -1.82. The molecule has 0 aromatic carbocycles. The van der Waals surface area contributed by atoms with E-state index in [0.29, 0.717) is 11.5 Å². The second-order valence-corrected chi connectivity index (χ2v) is 2.12. The molecule has 3 heteroatoms. The van der Waals surface area contributed by atoms with Gasteiger partial charge in [-0.2, -0.15) is 5.26 Å². The smallest absolute Gasteiger partial charge is 0.155 e. The molecule has 2 aliphatic rings. The summed E-state index contributed by atoms with van der Waals surface area (Å²) in [6.07, 6.45) is 1.56. The van der Waals surface area contributed by atoms with Crippen molar-refractivity contribution in [3.8, 4) is 17.5 Å². The molecule has 0 bridgehead atoms. The monoisotopic (exact) mass is 144 g/mol. The zero-order valence-electron chi connectivity index (χ0n) is 5.61. The van der Waals surface area contributed by atoms with E-state index in [4.69, 9.17) is 9.68 Å². The minimum atomic E-state index is 0.398. The lowest BCUT2D eigenvalue weighted by Gasteiger charge is -1.90. The maximum Gasteiger partial charge on any atom is 0.155 e. The number of fused-ring (bicyclic) bond motifs is 1. The number of aromatic nitrogens is 1. The van der Waals surface area contributed by atoms with Crippen molar-refractivity contribution in [3.63, 3.8) is 0 Å². The van der Waals surface area contributed by atoms with Gasteiger partial charge in [0.2, 0.25) is 0 Å². The van der Waals surface area contributed by atoms with Crippen molar-refractivity contribution in [3.05, 3.63) is 30.2 Å². The van der Waals surface area contributed by atoms with Crippen LogP contribution in [0.5, 0.6) is 0 Å². The molecule has 2 rings (SSSR count). The van der Waals surface area contributed by atoms with Gasteiger partial charge >= 0.3 is 0 Å². The Morgan fingerprint density at radius 2 is 2.45 bits per heavy atom. The predicted molar refractivity (Wildman–Crippen MR) is 37.8 cm³/mol. The van der Waals surface area contributed by atoms with Crippen molar-refractivity contribution >= 4 is 0 Å². The molecule has 0 aliphatic carbocycles. The van der Waals surface area contributed by atoms with E-state index in [1.54, 1.807) is 24.5 Å². The van der Waals surface area contributed by atoms with E-state index in [2.05, 4.69) is 4.98 Å². The fourth-order valence-electron chi connectivity index (χ4n) is 0.929. The number of hydrogen-bond acceptors (Lipinski definition) is 3. The molecular formula is C8H4N2O. The van der Waals surface area contributed by atoms with E-state index in [-0.39, 0.29) is 0 Å². The first-order valence-corrected chi connectivity index (χ1v) is 3.14. The molecule has 11 heavy (non-hydrogen) atoms. The Kier molecular flexibility index (Phi) is 1.13. The van der Waals surface area contributed by atoms with E-state index in [1.165, 1.54) is 0 Å².